The van der Waals surface area contributed by atoms with Crippen LogP contribution < -0.4 is 10.1 Å². The molecule has 0 aromatic carbocycles. The Kier molecular flexibility index (Phi) is 5.02. The first kappa shape index (κ1) is 14.1. The molecule has 0 amide bonds. The van der Waals surface area contributed by atoms with Crippen molar-refractivity contribution < 1.29 is 4.74 Å². The molecule has 1 aromatic heterocycles. The van der Waals surface area contributed by atoms with Crippen molar-refractivity contribution in [1.29, 1.82) is 0 Å². The number of methoxy groups -OCH3 is 1. The van der Waals surface area contributed by atoms with Crippen molar-refractivity contribution in [3.05, 3.63) is 18.3 Å². The number of likely N-dealkylation sites (tertiary alicyclic amines) is 1. The van der Waals surface area contributed by atoms with Crippen LogP contribution in [0.4, 0.5) is 5.69 Å². The van der Waals surface area contributed by atoms with Crippen LogP contribution in [0.2, 0.25) is 0 Å². The highest BCUT2D eigenvalue weighted by Gasteiger charge is 2.20. The molecule has 19 heavy (non-hydrogen) atoms. The number of rotatable bonds is 5. The summed E-state index contributed by atoms with van der Waals surface area (Å²) in [6.45, 7) is 8.13. The van der Waals surface area contributed by atoms with E-state index in [2.05, 4.69) is 29.0 Å². The summed E-state index contributed by atoms with van der Waals surface area (Å²) < 4.78 is 5.28. The SMILES string of the molecule is COc1ncccc1NC1CCN(CC(C)C)CC1. The van der Waals surface area contributed by atoms with Gasteiger partial charge in [-0.1, -0.05) is 13.8 Å². The summed E-state index contributed by atoms with van der Waals surface area (Å²) >= 11 is 0. The first-order valence-electron chi connectivity index (χ1n) is 7.17. The van der Waals surface area contributed by atoms with Gasteiger partial charge >= 0.3 is 0 Å². The average Bonchev–Trinajstić information content (AvgIpc) is 2.41. The Morgan fingerprint density at radius 2 is 2.16 bits per heavy atom. The van der Waals surface area contributed by atoms with Crippen LogP contribution in [0, 0.1) is 5.92 Å². The van der Waals surface area contributed by atoms with Gasteiger partial charge in [-0.3, -0.25) is 0 Å². The summed E-state index contributed by atoms with van der Waals surface area (Å²) in [6, 6.07) is 4.51. The largest absolute Gasteiger partial charge is 0.480 e. The summed E-state index contributed by atoms with van der Waals surface area (Å²) in [7, 11) is 1.67. The molecule has 106 valence electrons. The minimum Gasteiger partial charge on any atom is -0.480 e. The van der Waals surface area contributed by atoms with Crippen LogP contribution in [-0.2, 0) is 0 Å². The zero-order valence-electron chi connectivity index (χ0n) is 12.2. The number of piperidine rings is 1. The smallest absolute Gasteiger partial charge is 0.237 e. The van der Waals surface area contributed by atoms with E-state index >= 15 is 0 Å². The fourth-order valence-corrected chi connectivity index (χ4v) is 2.66. The lowest BCUT2D eigenvalue weighted by molar-refractivity contribution is 0.198. The van der Waals surface area contributed by atoms with Gasteiger partial charge in [0.05, 0.1) is 12.8 Å². The predicted molar refractivity (Wildman–Crippen MR) is 78.7 cm³/mol. The molecule has 0 aliphatic carbocycles. The van der Waals surface area contributed by atoms with Crippen LogP contribution in [-0.4, -0.2) is 42.7 Å². The van der Waals surface area contributed by atoms with Crippen molar-refractivity contribution in [1.82, 2.24) is 9.88 Å². The van der Waals surface area contributed by atoms with E-state index in [1.54, 1.807) is 13.3 Å². The second-order valence-electron chi connectivity index (χ2n) is 5.67. The van der Waals surface area contributed by atoms with Gasteiger partial charge in [0, 0.05) is 31.9 Å². The van der Waals surface area contributed by atoms with Gasteiger partial charge in [0.15, 0.2) is 0 Å². The number of nitrogens with zero attached hydrogens (tertiary/aromatic N) is 2. The quantitative estimate of drug-likeness (QED) is 0.886. The topological polar surface area (TPSA) is 37.4 Å². The molecule has 4 heteroatoms. The van der Waals surface area contributed by atoms with E-state index in [9.17, 15) is 0 Å². The van der Waals surface area contributed by atoms with Gasteiger partial charge < -0.3 is 15.0 Å². The van der Waals surface area contributed by atoms with Crippen molar-refractivity contribution in [3.63, 3.8) is 0 Å². The van der Waals surface area contributed by atoms with Gasteiger partial charge in [-0.2, -0.15) is 0 Å². The maximum atomic E-state index is 5.28. The molecule has 2 rings (SSSR count). The number of hydrogen-bond acceptors (Lipinski definition) is 4. The summed E-state index contributed by atoms with van der Waals surface area (Å²) in [5.74, 6) is 1.44. The lowest BCUT2D eigenvalue weighted by Crippen LogP contribution is -2.40. The Bertz CT molecular complexity index is 387. The first-order chi connectivity index (χ1) is 9.19. The maximum absolute atomic E-state index is 5.28. The van der Waals surface area contributed by atoms with Crippen LogP contribution in [0.1, 0.15) is 26.7 Å². The van der Waals surface area contributed by atoms with E-state index in [4.69, 9.17) is 4.74 Å². The van der Waals surface area contributed by atoms with Gasteiger partial charge in [-0.25, -0.2) is 4.98 Å². The molecule has 0 bridgehead atoms. The third-order valence-corrected chi connectivity index (χ3v) is 3.54. The molecule has 1 N–H and O–H groups in total. The van der Waals surface area contributed by atoms with Crippen LogP contribution in [0.5, 0.6) is 5.88 Å². The highest BCUT2D eigenvalue weighted by molar-refractivity contribution is 5.52. The average molecular weight is 263 g/mol. The Hall–Kier alpha value is -1.29. The normalized spacial score (nSPS) is 17.7. The minimum absolute atomic E-state index is 0.529. The van der Waals surface area contributed by atoms with E-state index in [0.717, 1.165) is 11.6 Å². The molecule has 1 aliphatic heterocycles. The molecule has 1 aromatic rings. The molecule has 1 saturated heterocycles. The van der Waals surface area contributed by atoms with Crippen LogP contribution in [0.15, 0.2) is 18.3 Å². The van der Waals surface area contributed by atoms with Crippen molar-refractivity contribution in [2.24, 2.45) is 5.92 Å². The minimum atomic E-state index is 0.529. The highest BCUT2D eigenvalue weighted by atomic mass is 16.5. The van der Waals surface area contributed by atoms with Crippen LogP contribution >= 0.6 is 0 Å². The first-order valence-corrected chi connectivity index (χ1v) is 7.17. The van der Waals surface area contributed by atoms with Crippen molar-refractivity contribution in [3.8, 4) is 5.88 Å². The molecule has 1 aliphatic rings. The second-order valence-corrected chi connectivity index (χ2v) is 5.67. The number of pyridine rings is 1. The molecular formula is C15H25N3O. The zero-order chi connectivity index (χ0) is 13.7. The van der Waals surface area contributed by atoms with Crippen LogP contribution in [0.25, 0.3) is 0 Å². The molecule has 4 nitrogen and oxygen atoms in total. The Morgan fingerprint density at radius 1 is 1.42 bits per heavy atom. The summed E-state index contributed by atoms with van der Waals surface area (Å²) in [4.78, 5) is 6.78. The summed E-state index contributed by atoms with van der Waals surface area (Å²) in [5.41, 5.74) is 1.01. The monoisotopic (exact) mass is 263 g/mol. The molecule has 2 heterocycles. The Balaban J connectivity index is 1.85. The van der Waals surface area contributed by atoms with Crippen LogP contribution in [0.3, 0.4) is 0 Å². The van der Waals surface area contributed by atoms with E-state index in [1.807, 2.05) is 12.1 Å². The molecule has 0 saturated carbocycles. The van der Waals surface area contributed by atoms with Crippen molar-refractivity contribution >= 4 is 5.69 Å². The lowest BCUT2D eigenvalue weighted by atomic mass is 10.0. The third kappa shape index (κ3) is 4.10. The standard InChI is InChI=1S/C15H25N3O/c1-12(2)11-18-9-6-13(7-10-18)17-14-5-4-8-16-15(14)19-3/h4-5,8,12-13,17H,6-7,9-11H2,1-3H3. The molecule has 0 unspecified atom stereocenters. The molecule has 0 spiro atoms. The Morgan fingerprint density at radius 3 is 2.79 bits per heavy atom. The Labute approximate surface area is 116 Å². The van der Waals surface area contributed by atoms with Crippen molar-refractivity contribution in [2.75, 3.05) is 32.1 Å². The van der Waals surface area contributed by atoms with Crippen molar-refractivity contribution in [2.45, 2.75) is 32.7 Å². The van der Waals surface area contributed by atoms with E-state index in [-0.39, 0.29) is 0 Å². The predicted octanol–water partition coefficient (Wildman–Crippen LogP) is 2.62. The fourth-order valence-electron chi connectivity index (χ4n) is 2.66. The summed E-state index contributed by atoms with van der Waals surface area (Å²) in [6.07, 6.45) is 4.13. The number of nitrogens with one attached hydrogen (secondary N) is 1. The number of hydrogen-bond donors (Lipinski definition) is 1. The summed E-state index contributed by atoms with van der Waals surface area (Å²) in [5, 5.41) is 3.56. The third-order valence-electron chi connectivity index (χ3n) is 3.54. The molecule has 1 fully saturated rings. The van der Waals surface area contributed by atoms with Gasteiger partial charge in [-0.15, -0.1) is 0 Å². The lowest BCUT2D eigenvalue weighted by Gasteiger charge is -2.33. The van der Waals surface area contributed by atoms with E-state index in [0.29, 0.717) is 11.9 Å². The fraction of sp³-hybridized carbons (Fsp3) is 0.667. The van der Waals surface area contributed by atoms with Gasteiger partial charge in [0.25, 0.3) is 0 Å². The molecule has 0 atom stereocenters. The van der Waals surface area contributed by atoms with Gasteiger partial charge in [-0.05, 0) is 30.9 Å². The molecular weight excluding hydrogens is 238 g/mol. The maximum Gasteiger partial charge on any atom is 0.237 e. The number of anilines is 1. The zero-order valence-corrected chi connectivity index (χ0v) is 12.2. The second kappa shape index (κ2) is 6.75. The van der Waals surface area contributed by atoms with E-state index in [1.165, 1.54) is 32.5 Å². The number of ether oxygens (including phenoxy) is 1. The number of aromatic nitrogens is 1. The van der Waals surface area contributed by atoms with Gasteiger partial charge in [0.2, 0.25) is 5.88 Å². The highest BCUT2D eigenvalue weighted by Crippen LogP contribution is 2.23. The van der Waals surface area contributed by atoms with E-state index < -0.39 is 0 Å². The molecule has 0 radical (unpaired) electrons. The van der Waals surface area contributed by atoms with Gasteiger partial charge in [0.1, 0.15) is 0 Å².